The highest BCUT2D eigenvalue weighted by Crippen LogP contribution is 2.41. The molecule has 3 aromatic carbocycles. The number of benzene rings is 3. The van der Waals surface area contributed by atoms with Crippen molar-refractivity contribution in [1.29, 1.82) is 0 Å². The molecule has 35 heavy (non-hydrogen) atoms. The maximum atomic E-state index is 12.4. The van der Waals surface area contributed by atoms with Gasteiger partial charge < -0.3 is 0 Å². The van der Waals surface area contributed by atoms with Gasteiger partial charge in [-0.15, -0.1) is 0 Å². The zero-order valence-electron chi connectivity index (χ0n) is 20.7. The van der Waals surface area contributed by atoms with Crippen LogP contribution in [0.15, 0.2) is 66.2 Å². The number of aryl methyl sites for hydroxylation is 1. The van der Waals surface area contributed by atoms with Crippen molar-refractivity contribution in [2.75, 3.05) is 26.3 Å². The average molecular weight is 486 g/mol. The van der Waals surface area contributed by atoms with E-state index in [4.69, 9.17) is 11.6 Å². The lowest BCUT2D eigenvalue weighted by molar-refractivity contribution is 0.239. The maximum Gasteiger partial charge on any atom is 0.0906 e. The van der Waals surface area contributed by atoms with Crippen molar-refractivity contribution in [3.05, 3.63) is 110 Å². The number of likely N-dealkylation sites (tertiary alicyclic amines) is 1. The fourth-order valence-electron chi connectivity index (χ4n) is 5.48. The highest BCUT2D eigenvalue weighted by molar-refractivity contribution is 6.31. The minimum Gasteiger partial charge on any atom is -0.295 e. The van der Waals surface area contributed by atoms with Crippen molar-refractivity contribution in [2.24, 2.45) is 0 Å². The van der Waals surface area contributed by atoms with Crippen LogP contribution in [0.5, 0.6) is 0 Å². The third-order valence-electron chi connectivity index (χ3n) is 7.54. The molecule has 0 atom stereocenters. The molecule has 0 unspecified atom stereocenters. The molecule has 1 fully saturated rings. The summed E-state index contributed by atoms with van der Waals surface area (Å²) in [6.07, 6.45) is 6.21. The van der Waals surface area contributed by atoms with Crippen molar-refractivity contribution in [1.82, 2.24) is 4.90 Å². The Labute approximate surface area is 213 Å². The van der Waals surface area contributed by atoms with E-state index in [1.165, 1.54) is 50.1 Å². The molecule has 3 heteroatoms. The highest BCUT2D eigenvalue weighted by atomic mass is 35.5. The standard InChI is InChI=1S/C32H33ClFN/c1-22-23(2)31(33)16-15-28(22)30-10-5-8-26-7-3-4-9-29(26)32(30)27-13-11-24(12-14-27)19-25-20-35(21-25)18-6-17-34/h3-4,7,9,11-16,19H,5-6,8,10,17-18,20-21H2,1-2H3. The molecule has 0 saturated carbocycles. The molecule has 0 aromatic heterocycles. The fourth-order valence-corrected chi connectivity index (χ4v) is 5.69. The molecule has 0 spiro atoms. The number of rotatable bonds is 6. The number of nitrogens with zero attached hydrogens (tertiary/aromatic N) is 1. The molecule has 0 N–H and O–H groups in total. The first-order valence-corrected chi connectivity index (χ1v) is 13.1. The Morgan fingerprint density at radius 2 is 1.66 bits per heavy atom. The summed E-state index contributed by atoms with van der Waals surface area (Å²) in [5.41, 5.74) is 13.2. The lowest BCUT2D eigenvalue weighted by Gasteiger charge is -2.33. The second kappa shape index (κ2) is 10.5. The van der Waals surface area contributed by atoms with Gasteiger partial charge in [-0.1, -0.05) is 72.3 Å². The van der Waals surface area contributed by atoms with Crippen LogP contribution in [0.1, 0.15) is 58.2 Å². The summed E-state index contributed by atoms with van der Waals surface area (Å²) < 4.78 is 12.4. The van der Waals surface area contributed by atoms with Crippen LogP contribution in [0.2, 0.25) is 5.02 Å². The summed E-state index contributed by atoms with van der Waals surface area (Å²) in [6.45, 7) is 6.86. The third kappa shape index (κ3) is 5.01. The summed E-state index contributed by atoms with van der Waals surface area (Å²) in [4.78, 5) is 2.30. The molecule has 2 aliphatic rings. The number of hydrogen-bond acceptors (Lipinski definition) is 1. The van der Waals surface area contributed by atoms with Crippen LogP contribution in [-0.2, 0) is 6.42 Å². The van der Waals surface area contributed by atoms with Gasteiger partial charge in [0.1, 0.15) is 0 Å². The smallest absolute Gasteiger partial charge is 0.0906 e. The van der Waals surface area contributed by atoms with Crippen molar-refractivity contribution >= 4 is 28.8 Å². The molecule has 3 aromatic rings. The number of halogens is 2. The summed E-state index contributed by atoms with van der Waals surface area (Å²) in [5, 5.41) is 0.832. The fraction of sp³-hybridized carbons (Fsp3) is 0.312. The molecular weight excluding hydrogens is 453 g/mol. The first-order valence-electron chi connectivity index (χ1n) is 12.7. The molecule has 5 rings (SSSR count). The quantitative estimate of drug-likeness (QED) is 0.339. The summed E-state index contributed by atoms with van der Waals surface area (Å²) in [7, 11) is 0. The number of hydrogen-bond donors (Lipinski definition) is 0. The SMILES string of the molecule is Cc1c(Cl)ccc(C2=C(c3ccc(C=C4CN(CCCF)C4)cc3)c3ccccc3CCC2)c1C. The second-order valence-electron chi connectivity index (χ2n) is 9.89. The van der Waals surface area contributed by atoms with Crippen LogP contribution in [0.3, 0.4) is 0 Å². The average Bonchev–Trinajstić information content (AvgIpc) is 3.04. The van der Waals surface area contributed by atoms with E-state index in [0.29, 0.717) is 6.42 Å². The van der Waals surface area contributed by atoms with Gasteiger partial charge in [0.2, 0.25) is 0 Å². The van der Waals surface area contributed by atoms with E-state index >= 15 is 0 Å². The predicted molar refractivity (Wildman–Crippen MR) is 148 cm³/mol. The van der Waals surface area contributed by atoms with E-state index in [9.17, 15) is 4.39 Å². The summed E-state index contributed by atoms with van der Waals surface area (Å²) in [6, 6.07) is 22.2. The van der Waals surface area contributed by atoms with Crippen LogP contribution >= 0.6 is 11.6 Å². The topological polar surface area (TPSA) is 3.24 Å². The monoisotopic (exact) mass is 485 g/mol. The zero-order chi connectivity index (χ0) is 24.4. The number of alkyl halides is 1. The molecule has 1 saturated heterocycles. The first kappa shape index (κ1) is 24.0. The molecule has 1 aliphatic carbocycles. The predicted octanol–water partition coefficient (Wildman–Crippen LogP) is 8.31. The van der Waals surface area contributed by atoms with E-state index in [2.05, 4.69) is 79.4 Å². The van der Waals surface area contributed by atoms with Gasteiger partial charge in [0, 0.05) is 24.7 Å². The van der Waals surface area contributed by atoms with Gasteiger partial charge >= 0.3 is 0 Å². The van der Waals surface area contributed by atoms with Gasteiger partial charge in [-0.2, -0.15) is 0 Å². The Hall–Kier alpha value is -2.68. The molecule has 1 heterocycles. The van der Waals surface area contributed by atoms with Gasteiger partial charge in [0.25, 0.3) is 0 Å². The van der Waals surface area contributed by atoms with Crippen LogP contribution in [0, 0.1) is 13.8 Å². The molecule has 1 nitrogen and oxygen atoms in total. The van der Waals surface area contributed by atoms with Gasteiger partial charge in [-0.05, 0) is 101 Å². The van der Waals surface area contributed by atoms with Gasteiger partial charge in [0.05, 0.1) is 6.67 Å². The Morgan fingerprint density at radius 3 is 2.43 bits per heavy atom. The van der Waals surface area contributed by atoms with E-state index < -0.39 is 0 Å². The lowest BCUT2D eigenvalue weighted by Crippen LogP contribution is -2.40. The van der Waals surface area contributed by atoms with E-state index in [1.807, 2.05) is 6.07 Å². The Balaban J connectivity index is 1.54. The van der Waals surface area contributed by atoms with E-state index in [0.717, 1.165) is 49.5 Å². The summed E-state index contributed by atoms with van der Waals surface area (Å²) >= 11 is 6.46. The highest BCUT2D eigenvalue weighted by Gasteiger charge is 2.22. The van der Waals surface area contributed by atoms with Crippen molar-refractivity contribution in [2.45, 2.75) is 39.5 Å². The minimum absolute atomic E-state index is 0.229. The van der Waals surface area contributed by atoms with Crippen molar-refractivity contribution in [3.8, 4) is 0 Å². The number of allylic oxidation sites excluding steroid dienone is 1. The van der Waals surface area contributed by atoms with Crippen LogP contribution in [-0.4, -0.2) is 31.2 Å². The molecular formula is C32H33ClFN. The molecule has 0 amide bonds. The number of fused-ring (bicyclic) bond motifs is 1. The van der Waals surface area contributed by atoms with Crippen LogP contribution in [0.25, 0.3) is 17.2 Å². The first-order chi connectivity index (χ1) is 17.0. The normalized spacial score (nSPS) is 16.1. The second-order valence-corrected chi connectivity index (χ2v) is 10.3. The van der Waals surface area contributed by atoms with E-state index in [1.54, 1.807) is 0 Å². The zero-order valence-corrected chi connectivity index (χ0v) is 21.5. The van der Waals surface area contributed by atoms with Gasteiger partial charge in [-0.25, -0.2) is 0 Å². The lowest BCUT2D eigenvalue weighted by atomic mass is 9.85. The largest absolute Gasteiger partial charge is 0.295 e. The Morgan fingerprint density at radius 1 is 0.886 bits per heavy atom. The molecule has 0 bridgehead atoms. The van der Waals surface area contributed by atoms with E-state index in [-0.39, 0.29) is 6.67 Å². The maximum absolute atomic E-state index is 12.4. The Bertz CT molecular complexity index is 1280. The molecule has 1 aliphatic heterocycles. The summed E-state index contributed by atoms with van der Waals surface area (Å²) in [5.74, 6) is 0. The minimum atomic E-state index is -0.229. The van der Waals surface area contributed by atoms with Gasteiger partial charge in [0.15, 0.2) is 0 Å². The molecule has 0 radical (unpaired) electrons. The van der Waals surface area contributed by atoms with Crippen molar-refractivity contribution < 1.29 is 4.39 Å². The Kier molecular flexibility index (Phi) is 7.22. The van der Waals surface area contributed by atoms with Crippen molar-refractivity contribution in [3.63, 3.8) is 0 Å². The third-order valence-corrected chi connectivity index (χ3v) is 7.95. The molecule has 180 valence electrons. The van der Waals surface area contributed by atoms with Crippen LogP contribution < -0.4 is 0 Å². The van der Waals surface area contributed by atoms with Gasteiger partial charge in [-0.3, -0.25) is 9.29 Å². The van der Waals surface area contributed by atoms with Crippen LogP contribution in [0.4, 0.5) is 4.39 Å².